The van der Waals surface area contributed by atoms with Crippen molar-refractivity contribution in [2.75, 3.05) is 27.7 Å². The lowest BCUT2D eigenvalue weighted by molar-refractivity contribution is -0.125. The summed E-state index contributed by atoms with van der Waals surface area (Å²) in [6, 6.07) is 8.16. The Morgan fingerprint density at radius 1 is 1.19 bits per heavy atom. The largest absolute Gasteiger partial charge is 0.497 e. The molecule has 0 aliphatic carbocycles. The van der Waals surface area contributed by atoms with Crippen LogP contribution in [0.2, 0.25) is 0 Å². The van der Waals surface area contributed by atoms with Crippen molar-refractivity contribution in [2.24, 2.45) is 5.92 Å². The van der Waals surface area contributed by atoms with E-state index in [1.165, 1.54) is 5.56 Å². The number of hydrogen-bond acceptors (Lipinski definition) is 3. The minimum Gasteiger partial charge on any atom is -0.497 e. The van der Waals surface area contributed by atoms with E-state index < -0.39 is 0 Å². The Bertz CT molecular complexity index is 425. The number of methoxy groups -OCH3 is 1. The molecule has 0 saturated heterocycles. The molecule has 4 heteroatoms. The third-order valence-corrected chi connectivity index (χ3v) is 3.95. The first-order chi connectivity index (χ1) is 10.0. The zero-order chi connectivity index (χ0) is 15.8. The molecular formula is C17H28N2O2. The number of amides is 1. The van der Waals surface area contributed by atoms with Gasteiger partial charge in [0.25, 0.3) is 0 Å². The Kier molecular flexibility index (Phi) is 7.23. The second kappa shape index (κ2) is 8.67. The Labute approximate surface area is 128 Å². The molecule has 0 heterocycles. The molecule has 0 saturated carbocycles. The number of carbonyl (C=O) groups excluding carboxylic acids is 1. The first-order valence-electron chi connectivity index (χ1n) is 7.61. The summed E-state index contributed by atoms with van der Waals surface area (Å²) in [6.45, 7) is 4.73. The van der Waals surface area contributed by atoms with Crippen molar-refractivity contribution in [2.45, 2.75) is 32.7 Å². The fourth-order valence-electron chi connectivity index (χ4n) is 2.43. The lowest BCUT2D eigenvalue weighted by Crippen LogP contribution is -2.37. The lowest BCUT2D eigenvalue weighted by atomic mass is 10.0. The highest BCUT2D eigenvalue weighted by molar-refractivity contribution is 5.78. The molecule has 4 nitrogen and oxygen atoms in total. The van der Waals surface area contributed by atoms with Gasteiger partial charge >= 0.3 is 0 Å². The molecule has 1 unspecified atom stereocenters. The molecule has 0 fully saturated rings. The van der Waals surface area contributed by atoms with Crippen LogP contribution in [0.4, 0.5) is 0 Å². The first kappa shape index (κ1) is 17.5. The maximum atomic E-state index is 12.1. The van der Waals surface area contributed by atoms with Crippen LogP contribution in [0.1, 0.15) is 38.3 Å². The molecule has 0 aliphatic rings. The number of rotatable bonds is 8. The van der Waals surface area contributed by atoms with Gasteiger partial charge in [-0.25, -0.2) is 0 Å². The van der Waals surface area contributed by atoms with Crippen molar-refractivity contribution in [3.8, 4) is 5.75 Å². The summed E-state index contributed by atoms with van der Waals surface area (Å²) < 4.78 is 5.18. The molecule has 1 amide bonds. The first-order valence-corrected chi connectivity index (χ1v) is 7.61. The van der Waals surface area contributed by atoms with Crippen LogP contribution in [-0.4, -0.2) is 38.6 Å². The summed E-state index contributed by atoms with van der Waals surface area (Å²) >= 11 is 0. The van der Waals surface area contributed by atoms with Crippen LogP contribution in [-0.2, 0) is 4.79 Å². The van der Waals surface area contributed by atoms with Gasteiger partial charge in [0.1, 0.15) is 5.75 Å². The molecule has 0 aromatic heterocycles. The van der Waals surface area contributed by atoms with Crippen molar-refractivity contribution >= 4 is 5.91 Å². The molecule has 1 N–H and O–H groups in total. The number of hydrogen-bond donors (Lipinski definition) is 1. The molecule has 0 aliphatic heterocycles. The van der Waals surface area contributed by atoms with E-state index >= 15 is 0 Å². The van der Waals surface area contributed by atoms with Gasteiger partial charge in [-0.2, -0.15) is 0 Å². The minimum absolute atomic E-state index is 0.115. The fourth-order valence-corrected chi connectivity index (χ4v) is 2.43. The SMILES string of the molecule is CCC(CC)C(=O)NCC(c1ccc(OC)cc1)N(C)C. The third kappa shape index (κ3) is 5.05. The van der Waals surface area contributed by atoms with Gasteiger partial charge < -0.3 is 15.0 Å². The third-order valence-electron chi connectivity index (χ3n) is 3.95. The van der Waals surface area contributed by atoms with Crippen LogP contribution >= 0.6 is 0 Å². The molecule has 1 aromatic carbocycles. The average molecular weight is 292 g/mol. The van der Waals surface area contributed by atoms with Gasteiger partial charge in [0.05, 0.1) is 13.2 Å². The van der Waals surface area contributed by atoms with Crippen LogP contribution in [0.25, 0.3) is 0 Å². The van der Waals surface area contributed by atoms with Crippen molar-refractivity contribution in [1.29, 1.82) is 0 Å². The molecule has 1 rings (SSSR count). The van der Waals surface area contributed by atoms with Gasteiger partial charge in [0, 0.05) is 12.5 Å². The molecule has 21 heavy (non-hydrogen) atoms. The number of ether oxygens (including phenoxy) is 1. The summed E-state index contributed by atoms with van der Waals surface area (Å²) in [4.78, 5) is 14.2. The number of nitrogens with one attached hydrogen (secondary N) is 1. The van der Waals surface area contributed by atoms with Crippen LogP contribution in [0, 0.1) is 5.92 Å². The van der Waals surface area contributed by atoms with Gasteiger partial charge in [-0.05, 0) is 44.6 Å². The standard InChI is InChI=1S/C17H28N2O2/c1-6-13(7-2)17(20)18-12-16(19(3)4)14-8-10-15(21-5)11-9-14/h8-11,13,16H,6-7,12H2,1-5H3,(H,18,20). The van der Waals surface area contributed by atoms with Crippen LogP contribution in [0.5, 0.6) is 5.75 Å². The second-order valence-electron chi connectivity index (χ2n) is 5.51. The quantitative estimate of drug-likeness (QED) is 0.801. The number of carbonyl (C=O) groups is 1. The van der Waals surface area contributed by atoms with Crippen molar-refractivity contribution in [3.05, 3.63) is 29.8 Å². The number of likely N-dealkylation sites (N-methyl/N-ethyl adjacent to an activating group) is 1. The van der Waals surface area contributed by atoms with Crippen molar-refractivity contribution in [3.63, 3.8) is 0 Å². The van der Waals surface area contributed by atoms with Gasteiger partial charge in [0.15, 0.2) is 0 Å². The normalized spacial score (nSPS) is 12.5. The summed E-state index contributed by atoms with van der Waals surface area (Å²) in [5.74, 6) is 1.11. The smallest absolute Gasteiger partial charge is 0.223 e. The zero-order valence-corrected chi connectivity index (χ0v) is 13.8. The van der Waals surface area contributed by atoms with Crippen LogP contribution < -0.4 is 10.1 Å². The maximum Gasteiger partial charge on any atom is 0.223 e. The van der Waals surface area contributed by atoms with E-state index in [0.717, 1.165) is 18.6 Å². The molecule has 118 valence electrons. The molecule has 1 atom stereocenters. The summed E-state index contributed by atoms with van der Waals surface area (Å²) in [5, 5.41) is 3.08. The van der Waals surface area contributed by atoms with Gasteiger partial charge in [-0.1, -0.05) is 26.0 Å². The molecule has 0 radical (unpaired) electrons. The summed E-state index contributed by atoms with van der Waals surface area (Å²) in [7, 11) is 5.71. The monoisotopic (exact) mass is 292 g/mol. The fraction of sp³-hybridized carbons (Fsp3) is 0.588. The molecule has 1 aromatic rings. The highest BCUT2D eigenvalue weighted by atomic mass is 16.5. The van der Waals surface area contributed by atoms with E-state index in [-0.39, 0.29) is 17.9 Å². The zero-order valence-electron chi connectivity index (χ0n) is 13.8. The maximum absolute atomic E-state index is 12.1. The Balaban J connectivity index is 2.71. The summed E-state index contributed by atoms with van der Waals surface area (Å²) in [6.07, 6.45) is 1.77. The van der Waals surface area contributed by atoms with Crippen molar-refractivity contribution in [1.82, 2.24) is 10.2 Å². The average Bonchev–Trinajstić information content (AvgIpc) is 2.49. The van der Waals surface area contributed by atoms with E-state index in [1.807, 2.05) is 38.4 Å². The number of nitrogens with zero attached hydrogens (tertiary/aromatic N) is 1. The van der Waals surface area contributed by atoms with E-state index in [0.29, 0.717) is 6.54 Å². The van der Waals surface area contributed by atoms with E-state index in [1.54, 1.807) is 7.11 Å². The van der Waals surface area contributed by atoms with Gasteiger partial charge in [-0.15, -0.1) is 0 Å². The van der Waals surface area contributed by atoms with E-state index in [4.69, 9.17) is 4.74 Å². The molecule has 0 spiro atoms. The Hall–Kier alpha value is -1.55. The predicted octanol–water partition coefficient (Wildman–Crippen LogP) is 2.85. The van der Waals surface area contributed by atoms with E-state index in [9.17, 15) is 4.79 Å². The van der Waals surface area contributed by atoms with E-state index in [2.05, 4.69) is 24.1 Å². The van der Waals surface area contributed by atoms with Crippen molar-refractivity contribution < 1.29 is 9.53 Å². The topological polar surface area (TPSA) is 41.6 Å². The predicted molar refractivity (Wildman–Crippen MR) is 86.5 cm³/mol. The Morgan fingerprint density at radius 3 is 2.19 bits per heavy atom. The van der Waals surface area contributed by atoms with Crippen LogP contribution in [0.3, 0.4) is 0 Å². The second-order valence-corrected chi connectivity index (χ2v) is 5.51. The minimum atomic E-state index is 0.115. The highest BCUT2D eigenvalue weighted by Crippen LogP contribution is 2.21. The Morgan fingerprint density at radius 2 is 1.76 bits per heavy atom. The lowest BCUT2D eigenvalue weighted by Gasteiger charge is -2.26. The van der Waals surface area contributed by atoms with Gasteiger partial charge in [0.2, 0.25) is 5.91 Å². The highest BCUT2D eigenvalue weighted by Gasteiger charge is 2.18. The molecule has 0 bridgehead atoms. The summed E-state index contributed by atoms with van der Waals surface area (Å²) in [5.41, 5.74) is 1.17. The van der Waals surface area contributed by atoms with Crippen LogP contribution in [0.15, 0.2) is 24.3 Å². The van der Waals surface area contributed by atoms with Gasteiger partial charge in [-0.3, -0.25) is 4.79 Å². The molecular weight excluding hydrogens is 264 g/mol. The number of benzene rings is 1.